The number of hydrogen-bond donors (Lipinski definition) is 2. The molecule has 0 bridgehead atoms. The van der Waals surface area contributed by atoms with E-state index in [4.69, 9.17) is 0 Å². The van der Waals surface area contributed by atoms with Gasteiger partial charge >= 0.3 is 6.03 Å². The molecule has 2 atom stereocenters. The number of carbonyl (C=O) groups is 1. The predicted molar refractivity (Wildman–Crippen MR) is 89.6 cm³/mol. The molecule has 0 spiro atoms. The number of amides is 2. The molecule has 1 fully saturated rings. The third-order valence-corrected chi connectivity index (χ3v) is 5.01. The minimum atomic E-state index is -0.0394. The normalized spacial score (nSPS) is 19.5. The molecule has 2 amide bonds. The largest absolute Gasteiger partial charge is 0.337 e. The van der Waals surface area contributed by atoms with E-state index >= 15 is 0 Å². The van der Waals surface area contributed by atoms with Gasteiger partial charge in [-0.2, -0.15) is 11.8 Å². The van der Waals surface area contributed by atoms with Crippen LogP contribution >= 0.6 is 11.8 Å². The van der Waals surface area contributed by atoms with E-state index in [1.165, 1.54) is 5.56 Å². The zero-order chi connectivity index (χ0) is 15.1. The van der Waals surface area contributed by atoms with Crippen molar-refractivity contribution in [1.82, 2.24) is 15.5 Å². The van der Waals surface area contributed by atoms with E-state index in [1.807, 2.05) is 17.8 Å². The molecule has 2 rings (SSSR count). The van der Waals surface area contributed by atoms with E-state index in [0.29, 0.717) is 18.6 Å². The van der Waals surface area contributed by atoms with Gasteiger partial charge in [0, 0.05) is 30.9 Å². The van der Waals surface area contributed by atoms with Crippen molar-refractivity contribution in [2.24, 2.45) is 0 Å². The molecule has 1 aromatic carbocycles. The molecule has 2 N–H and O–H groups in total. The van der Waals surface area contributed by atoms with Crippen LogP contribution in [0, 0.1) is 0 Å². The van der Waals surface area contributed by atoms with Gasteiger partial charge in [0.05, 0.1) is 0 Å². The van der Waals surface area contributed by atoms with E-state index in [1.54, 1.807) is 0 Å². The summed E-state index contributed by atoms with van der Waals surface area (Å²) in [7, 11) is 2.09. The Morgan fingerprint density at radius 2 is 2.19 bits per heavy atom. The van der Waals surface area contributed by atoms with E-state index in [0.717, 1.165) is 24.5 Å². The van der Waals surface area contributed by atoms with E-state index < -0.39 is 0 Å². The van der Waals surface area contributed by atoms with E-state index in [9.17, 15) is 4.79 Å². The molecule has 2 unspecified atom stereocenters. The fourth-order valence-corrected chi connectivity index (χ4v) is 3.46. The standard InChI is InChI=1S/C16H25N3OS/c1-13(19(2)11-14-6-4-3-5-7-14)10-17-16(20)18-15-8-9-21-12-15/h3-7,13,15H,8-12H2,1-2H3,(H2,17,18,20). The van der Waals surface area contributed by atoms with Crippen LogP contribution in [-0.2, 0) is 6.54 Å². The molecule has 1 aliphatic rings. The van der Waals surface area contributed by atoms with Crippen molar-refractivity contribution in [2.45, 2.75) is 32.0 Å². The lowest BCUT2D eigenvalue weighted by molar-refractivity contribution is 0.221. The van der Waals surface area contributed by atoms with Gasteiger partial charge in [-0.3, -0.25) is 4.90 Å². The molecule has 1 aromatic rings. The molecule has 116 valence electrons. The summed E-state index contributed by atoms with van der Waals surface area (Å²) < 4.78 is 0. The predicted octanol–water partition coefficient (Wildman–Crippen LogP) is 2.31. The smallest absolute Gasteiger partial charge is 0.315 e. The Hall–Kier alpha value is -1.20. The summed E-state index contributed by atoms with van der Waals surface area (Å²) in [6.45, 7) is 3.69. The SMILES string of the molecule is CC(CNC(=O)NC1CCSC1)N(C)Cc1ccccc1. The van der Waals surface area contributed by atoms with Gasteiger partial charge in [-0.05, 0) is 31.7 Å². The van der Waals surface area contributed by atoms with Crippen molar-refractivity contribution in [3.8, 4) is 0 Å². The minimum Gasteiger partial charge on any atom is -0.337 e. The summed E-state index contributed by atoms with van der Waals surface area (Å²) in [5.74, 6) is 2.19. The lowest BCUT2D eigenvalue weighted by Gasteiger charge is -2.25. The van der Waals surface area contributed by atoms with Gasteiger partial charge in [-0.1, -0.05) is 30.3 Å². The number of benzene rings is 1. The first-order chi connectivity index (χ1) is 10.1. The first-order valence-corrected chi connectivity index (χ1v) is 8.67. The van der Waals surface area contributed by atoms with Crippen LogP contribution in [0.5, 0.6) is 0 Å². The maximum Gasteiger partial charge on any atom is 0.315 e. The first-order valence-electron chi connectivity index (χ1n) is 7.51. The quantitative estimate of drug-likeness (QED) is 0.848. The van der Waals surface area contributed by atoms with Crippen LogP contribution in [0.4, 0.5) is 4.79 Å². The van der Waals surface area contributed by atoms with Crippen LogP contribution in [-0.4, -0.2) is 48.1 Å². The summed E-state index contributed by atoms with van der Waals surface area (Å²) in [5, 5.41) is 6.01. The van der Waals surface area contributed by atoms with Crippen LogP contribution in [0.15, 0.2) is 30.3 Å². The molecule has 0 aromatic heterocycles. The van der Waals surface area contributed by atoms with Crippen molar-refractivity contribution >= 4 is 17.8 Å². The lowest BCUT2D eigenvalue weighted by atomic mass is 10.2. The fraction of sp³-hybridized carbons (Fsp3) is 0.562. The van der Waals surface area contributed by atoms with Crippen LogP contribution < -0.4 is 10.6 Å². The highest BCUT2D eigenvalue weighted by Crippen LogP contribution is 2.16. The Bertz CT molecular complexity index is 434. The third kappa shape index (κ3) is 5.59. The summed E-state index contributed by atoms with van der Waals surface area (Å²) in [5.41, 5.74) is 1.29. The zero-order valence-corrected chi connectivity index (χ0v) is 13.7. The van der Waals surface area contributed by atoms with Gasteiger partial charge in [0.15, 0.2) is 0 Å². The number of hydrogen-bond acceptors (Lipinski definition) is 3. The molecule has 0 aliphatic carbocycles. The monoisotopic (exact) mass is 307 g/mol. The van der Waals surface area contributed by atoms with Crippen molar-refractivity contribution in [3.05, 3.63) is 35.9 Å². The number of carbonyl (C=O) groups excluding carboxylic acids is 1. The lowest BCUT2D eigenvalue weighted by Crippen LogP contribution is -2.46. The van der Waals surface area contributed by atoms with Crippen LogP contribution in [0.3, 0.4) is 0 Å². The molecular formula is C16H25N3OS. The van der Waals surface area contributed by atoms with E-state index in [2.05, 4.69) is 53.8 Å². The number of nitrogens with one attached hydrogen (secondary N) is 2. The number of rotatable bonds is 6. The first kappa shape index (κ1) is 16.2. The molecule has 1 saturated heterocycles. The Kier molecular flexibility index (Phi) is 6.39. The second kappa shape index (κ2) is 8.29. The van der Waals surface area contributed by atoms with Gasteiger partial charge < -0.3 is 10.6 Å². The maximum absolute atomic E-state index is 11.8. The highest BCUT2D eigenvalue weighted by molar-refractivity contribution is 7.99. The van der Waals surface area contributed by atoms with Gasteiger partial charge in [0.1, 0.15) is 0 Å². The summed E-state index contributed by atoms with van der Waals surface area (Å²) in [4.78, 5) is 14.1. The molecule has 0 radical (unpaired) electrons. The Balaban J connectivity index is 1.68. The number of likely N-dealkylation sites (N-methyl/N-ethyl adjacent to an activating group) is 1. The Morgan fingerprint density at radius 1 is 1.43 bits per heavy atom. The molecule has 1 heterocycles. The molecular weight excluding hydrogens is 282 g/mol. The topological polar surface area (TPSA) is 44.4 Å². The van der Waals surface area contributed by atoms with Gasteiger partial charge in [0.25, 0.3) is 0 Å². The molecule has 21 heavy (non-hydrogen) atoms. The summed E-state index contributed by atoms with van der Waals surface area (Å²) >= 11 is 1.90. The van der Waals surface area contributed by atoms with Gasteiger partial charge in [-0.15, -0.1) is 0 Å². The second-order valence-electron chi connectivity index (χ2n) is 5.66. The molecule has 1 aliphatic heterocycles. The number of thioether (sulfide) groups is 1. The van der Waals surface area contributed by atoms with Crippen LogP contribution in [0.2, 0.25) is 0 Å². The highest BCUT2D eigenvalue weighted by Gasteiger charge is 2.18. The maximum atomic E-state index is 11.8. The fourth-order valence-electron chi connectivity index (χ4n) is 2.31. The number of urea groups is 1. The van der Waals surface area contributed by atoms with Crippen molar-refractivity contribution in [2.75, 3.05) is 25.1 Å². The van der Waals surface area contributed by atoms with Crippen molar-refractivity contribution in [1.29, 1.82) is 0 Å². The molecule has 4 nitrogen and oxygen atoms in total. The van der Waals surface area contributed by atoms with Crippen LogP contribution in [0.25, 0.3) is 0 Å². The zero-order valence-electron chi connectivity index (χ0n) is 12.8. The third-order valence-electron chi connectivity index (χ3n) is 3.85. The van der Waals surface area contributed by atoms with Crippen molar-refractivity contribution < 1.29 is 4.79 Å². The average molecular weight is 307 g/mol. The average Bonchev–Trinajstić information content (AvgIpc) is 2.98. The summed E-state index contributed by atoms with van der Waals surface area (Å²) in [6, 6.07) is 11.0. The molecule has 5 heteroatoms. The van der Waals surface area contributed by atoms with Gasteiger partial charge in [0.2, 0.25) is 0 Å². The van der Waals surface area contributed by atoms with Crippen molar-refractivity contribution in [3.63, 3.8) is 0 Å². The van der Waals surface area contributed by atoms with Crippen LogP contribution in [0.1, 0.15) is 18.9 Å². The van der Waals surface area contributed by atoms with E-state index in [-0.39, 0.29) is 6.03 Å². The highest BCUT2D eigenvalue weighted by atomic mass is 32.2. The number of nitrogens with zero attached hydrogens (tertiary/aromatic N) is 1. The second-order valence-corrected chi connectivity index (χ2v) is 6.81. The summed E-state index contributed by atoms with van der Waals surface area (Å²) in [6.07, 6.45) is 1.08. The van der Waals surface area contributed by atoms with Gasteiger partial charge in [-0.25, -0.2) is 4.79 Å². The Labute approximate surface area is 131 Å². The minimum absolute atomic E-state index is 0.0394. The molecule has 0 saturated carbocycles. The Morgan fingerprint density at radius 3 is 2.86 bits per heavy atom.